The molecule has 2 aromatic heterocycles. The molecule has 0 bridgehead atoms. The highest BCUT2D eigenvalue weighted by Crippen LogP contribution is 2.33. The molecule has 0 spiro atoms. The third kappa shape index (κ3) is 4.63. The van der Waals surface area contributed by atoms with E-state index in [0.29, 0.717) is 37.8 Å². The largest absolute Gasteiger partial charge is 0.462 e. The zero-order chi connectivity index (χ0) is 19.6. The molecule has 9 heteroatoms. The first-order chi connectivity index (χ1) is 12.7. The zero-order valence-electron chi connectivity index (χ0n) is 14.5. The van der Waals surface area contributed by atoms with Gasteiger partial charge in [0.15, 0.2) is 0 Å². The SMILES string of the molecule is Cc1ccc(C=CC(=O)N2CCN(c3ncc(C(F)(F)F)cc3Cl)CC2)o1. The van der Waals surface area contributed by atoms with Crippen LogP contribution in [0.4, 0.5) is 19.0 Å². The van der Waals surface area contributed by atoms with Crippen LogP contribution in [0.2, 0.25) is 5.02 Å². The van der Waals surface area contributed by atoms with E-state index < -0.39 is 11.7 Å². The van der Waals surface area contributed by atoms with E-state index in [0.717, 1.165) is 18.0 Å². The van der Waals surface area contributed by atoms with E-state index in [-0.39, 0.29) is 10.9 Å². The lowest BCUT2D eigenvalue weighted by Gasteiger charge is -2.35. The Balaban J connectivity index is 1.60. The number of piperazine rings is 1. The van der Waals surface area contributed by atoms with E-state index in [1.165, 1.54) is 6.08 Å². The summed E-state index contributed by atoms with van der Waals surface area (Å²) in [4.78, 5) is 19.5. The summed E-state index contributed by atoms with van der Waals surface area (Å²) < 4.78 is 43.5. The van der Waals surface area contributed by atoms with E-state index in [1.807, 2.05) is 13.0 Å². The maximum Gasteiger partial charge on any atom is 0.417 e. The highest BCUT2D eigenvalue weighted by Gasteiger charge is 2.32. The van der Waals surface area contributed by atoms with E-state index in [2.05, 4.69) is 4.98 Å². The fourth-order valence-electron chi connectivity index (χ4n) is 2.76. The van der Waals surface area contributed by atoms with Gasteiger partial charge in [0.05, 0.1) is 10.6 Å². The molecule has 144 valence electrons. The number of aromatic nitrogens is 1. The van der Waals surface area contributed by atoms with Crippen LogP contribution in [0.15, 0.2) is 34.9 Å². The van der Waals surface area contributed by atoms with Crippen molar-refractivity contribution in [1.82, 2.24) is 9.88 Å². The number of rotatable bonds is 3. The first-order valence-electron chi connectivity index (χ1n) is 8.25. The number of carbonyl (C=O) groups excluding carboxylic acids is 1. The van der Waals surface area contributed by atoms with Crippen molar-refractivity contribution in [3.63, 3.8) is 0 Å². The van der Waals surface area contributed by atoms with Crippen LogP contribution < -0.4 is 4.90 Å². The summed E-state index contributed by atoms with van der Waals surface area (Å²) in [6.45, 7) is 3.51. The number of carbonyl (C=O) groups is 1. The maximum absolute atomic E-state index is 12.7. The van der Waals surface area contributed by atoms with Gasteiger partial charge >= 0.3 is 6.18 Å². The van der Waals surface area contributed by atoms with Gasteiger partial charge < -0.3 is 14.2 Å². The van der Waals surface area contributed by atoms with Gasteiger partial charge in [-0.15, -0.1) is 0 Å². The van der Waals surface area contributed by atoms with Crippen molar-refractivity contribution in [3.8, 4) is 0 Å². The first-order valence-corrected chi connectivity index (χ1v) is 8.63. The Hall–Kier alpha value is -2.48. The van der Waals surface area contributed by atoms with Gasteiger partial charge in [0.25, 0.3) is 0 Å². The molecule has 0 aromatic carbocycles. The monoisotopic (exact) mass is 399 g/mol. The first kappa shape index (κ1) is 19.3. The zero-order valence-corrected chi connectivity index (χ0v) is 15.2. The Morgan fingerprint density at radius 1 is 1.26 bits per heavy atom. The smallest absolute Gasteiger partial charge is 0.417 e. The predicted molar refractivity (Wildman–Crippen MR) is 95.5 cm³/mol. The topological polar surface area (TPSA) is 49.6 Å². The molecule has 1 aliphatic heterocycles. The van der Waals surface area contributed by atoms with Gasteiger partial charge in [-0.2, -0.15) is 13.2 Å². The second-order valence-electron chi connectivity index (χ2n) is 6.12. The van der Waals surface area contributed by atoms with Crippen LogP contribution >= 0.6 is 11.6 Å². The van der Waals surface area contributed by atoms with Crippen LogP contribution in [0.3, 0.4) is 0 Å². The van der Waals surface area contributed by atoms with Crippen LogP contribution in [-0.4, -0.2) is 42.0 Å². The van der Waals surface area contributed by atoms with E-state index >= 15 is 0 Å². The van der Waals surface area contributed by atoms with Crippen LogP contribution in [0.1, 0.15) is 17.1 Å². The van der Waals surface area contributed by atoms with Crippen LogP contribution in [0.5, 0.6) is 0 Å². The number of amides is 1. The Morgan fingerprint density at radius 3 is 2.52 bits per heavy atom. The highest BCUT2D eigenvalue weighted by molar-refractivity contribution is 6.33. The molecular weight excluding hydrogens is 383 g/mol. The van der Waals surface area contributed by atoms with E-state index in [9.17, 15) is 18.0 Å². The Kier molecular flexibility index (Phi) is 5.46. The van der Waals surface area contributed by atoms with Crippen molar-refractivity contribution in [2.75, 3.05) is 31.1 Å². The molecule has 1 saturated heterocycles. The number of pyridine rings is 1. The summed E-state index contributed by atoms with van der Waals surface area (Å²) in [6, 6.07) is 4.45. The number of furan rings is 1. The fraction of sp³-hybridized carbons (Fsp3) is 0.333. The molecule has 27 heavy (non-hydrogen) atoms. The summed E-state index contributed by atoms with van der Waals surface area (Å²) in [5, 5.41) is -0.0577. The number of hydrogen-bond donors (Lipinski definition) is 0. The maximum atomic E-state index is 12.7. The molecule has 5 nitrogen and oxygen atoms in total. The minimum absolute atomic E-state index is 0.0577. The molecular formula is C18H17ClF3N3O2. The standard InChI is InChI=1S/C18H17ClF3N3O2/c1-12-2-3-14(27-12)4-5-16(26)24-6-8-25(9-7-24)17-15(19)10-13(11-23-17)18(20,21)22/h2-5,10-11H,6-9H2,1H3. The van der Waals surface area contributed by atoms with Gasteiger partial charge in [-0.25, -0.2) is 4.98 Å². The minimum Gasteiger partial charge on any atom is -0.462 e. The second kappa shape index (κ2) is 7.64. The predicted octanol–water partition coefficient (Wildman–Crippen LogP) is 4.02. The van der Waals surface area contributed by atoms with Crippen LogP contribution in [0, 0.1) is 6.92 Å². The molecule has 0 atom stereocenters. The normalized spacial score (nSPS) is 15.6. The molecule has 1 amide bonds. The quantitative estimate of drug-likeness (QED) is 0.731. The number of anilines is 1. The van der Waals surface area contributed by atoms with Gasteiger partial charge in [-0.3, -0.25) is 4.79 Å². The second-order valence-corrected chi connectivity index (χ2v) is 6.53. The molecule has 1 fully saturated rings. The van der Waals surface area contributed by atoms with E-state index in [1.54, 1.807) is 21.9 Å². The average molecular weight is 400 g/mol. The molecule has 2 aromatic rings. The van der Waals surface area contributed by atoms with Crippen molar-refractivity contribution in [2.45, 2.75) is 13.1 Å². The van der Waals surface area contributed by atoms with Gasteiger partial charge in [-0.1, -0.05) is 11.6 Å². The van der Waals surface area contributed by atoms with Gasteiger partial charge in [0.2, 0.25) is 5.91 Å². The molecule has 0 unspecified atom stereocenters. The van der Waals surface area contributed by atoms with Gasteiger partial charge in [0.1, 0.15) is 17.3 Å². The summed E-state index contributed by atoms with van der Waals surface area (Å²) in [6.07, 6.45) is -0.667. The van der Waals surface area contributed by atoms with Crippen LogP contribution in [-0.2, 0) is 11.0 Å². The molecule has 0 aliphatic carbocycles. The molecule has 3 heterocycles. The number of hydrogen-bond acceptors (Lipinski definition) is 4. The Labute approximate surface area is 159 Å². The Morgan fingerprint density at radius 2 is 1.96 bits per heavy atom. The Bertz CT molecular complexity index is 856. The van der Waals surface area contributed by atoms with Crippen molar-refractivity contribution >= 4 is 29.4 Å². The number of nitrogens with zero attached hydrogens (tertiary/aromatic N) is 3. The lowest BCUT2D eigenvalue weighted by molar-refractivity contribution is -0.137. The summed E-state index contributed by atoms with van der Waals surface area (Å²) in [7, 11) is 0. The fourth-order valence-corrected chi connectivity index (χ4v) is 3.04. The lowest BCUT2D eigenvalue weighted by Crippen LogP contribution is -2.48. The number of halogens is 4. The van der Waals surface area contributed by atoms with Crippen molar-refractivity contribution in [1.29, 1.82) is 0 Å². The minimum atomic E-state index is -4.49. The molecule has 0 radical (unpaired) electrons. The van der Waals surface area contributed by atoms with Crippen LogP contribution in [0.25, 0.3) is 6.08 Å². The average Bonchev–Trinajstić information content (AvgIpc) is 3.04. The summed E-state index contributed by atoms with van der Waals surface area (Å²) >= 11 is 5.98. The highest BCUT2D eigenvalue weighted by atomic mass is 35.5. The molecule has 0 N–H and O–H groups in total. The molecule has 1 aliphatic rings. The third-order valence-electron chi connectivity index (χ3n) is 4.19. The van der Waals surface area contributed by atoms with Crippen molar-refractivity contribution < 1.29 is 22.4 Å². The van der Waals surface area contributed by atoms with Crippen molar-refractivity contribution in [2.24, 2.45) is 0 Å². The summed E-state index contributed by atoms with van der Waals surface area (Å²) in [5.41, 5.74) is -0.886. The lowest BCUT2D eigenvalue weighted by atomic mass is 10.2. The van der Waals surface area contributed by atoms with E-state index in [4.69, 9.17) is 16.0 Å². The molecule has 3 rings (SSSR count). The number of alkyl halides is 3. The molecule has 0 saturated carbocycles. The third-order valence-corrected chi connectivity index (χ3v) is 4.47. The summed E-state index contributed by atoms with van der Waals surface area (Å²) in [5.74, 6) is 1.49. The van der Waals surface area contributed by atoms with Gasteiger partial charge in [-0.05, 0) is 31.2 Å². The van der Waals surface area contributed by atoms with Crippen molar-refractivity contribution in [3.05, 3.63) is 52.6 Å². The number of aryl methyl sites for hydroxylation is 1. The van der Waals surface area contributed by atoms with Gasteiger partial charge in [0, 0.05) is 38.5 Å².